The van der Waals surface area contributed by atoms with Crippen molar-refractivity contribution in [1.82, 2.24) is 4.98 Å². The third kappa shape index (κ3) is 5.96. The van der Waals surface area contributed by atoms with E-state index in [4.69, 9.17) is 9.15 Å². The molecule has 1 aliphatic carbocycles. The molecule has 10 nitrogen and oxygen atoms in total. The number of aliphatic carboxylic acids is 2. The van der Waals surface area contributed by atoms with Gasteiger partial charge in [-0.25, -0.2) is 0 Å². The summed E-state index contributed by atoms with van der Waals surface area (Å²) in [6, 6.07) is 21.0. The number of aromatic nitrogens is 1. The number of rotatable bonds is 10. The number of hydrogen-bond acceptors (Lipinski definition) is 8. The van der Waals surface area contributed by atoms with Gasteiger partial charge in [-0.3, -0.25) is 19.4 Å². The van der Waals surface area contributed by atoms with Crippen LogP contribution in [-0.4, -0.2) is 54.3 Å². The molecule has 0 spiro atoms. The molecule has 0 radical (unpaired) electrons. The standard InChI is InChI=1S/C31H27N3O7/c1-33(2)21-7-9-23-26(14-21)41-27-15-22(35)8-10-24(27)31(23)19-6-11-25(34(16-29(36)37)17-30(38)39)28(13-19)40-18-20-5-3-4-12-32-20/h3-15H,16-18H2,1-2H3,(H,36,37)(H,38,39). The van der Waals surface area contributed by atoms with Crippen LogP contribution in [0.1, 0.15) is 5.69 Å². The van der Waals surface area contributed by atoms with Crippen molar-refractivity contribution in [2.75, 3.05) is 37.0 Å². The first-order valence-electron chi connectivity index (χ1n) is 12.7. The van der Waals surface area contributed by atoms with Gasteiger partial charge in [0.1, 0.15) is 36.8 Å². The van der Waals surface area contributed by atoms with Crippen LogP contribution >= 0.6 is 0 Å². The summed E-state index contributed by atoms with van der Waals surface area (Å²) in [5.74, 6) is -1.67. The molecule has 1 aliphatic heterocycles. The summed E-state index contributed by atoms with van der Waals surface area (Å²) in [5, 5.41) is 19.8. The molecule has 3 aromatic rings. The number of anilines is 2. The van der Waals surface area contributed by atoms with E-state index in [1.54, 1.807) is 42.6 Å². The minimum Gasteiger partial charge on any atom is -0.485 e. The molecular formula is C31H27N3O7. The van der Waals surface area contributed by atoms with Gasteiger partial charge in [0.25, 0.3) is 0 Å². The Morgan fingerprint density at radius 2 is 1.71 bits per heavy atom. The zero-order valence-corrected chi connectivity index (χ0v) is 22.4. The summed E-state index contributed by atoms with van der Waals surface area (Å²) in [7, 11) is 3.84. The molecule has 2 N–H and O–H groups in total. The second-order valence-electron chi connectivity index (χ2n) is 9.65. The minimum atomic E-state index is -1.18. The number of nitrogens with zero attached hydrogens (tertiary/aromatic N) is 3. The Labute approximate surface area is 235 Å². The second-order valence-corrected chi connectivity index (χ2v) is 9.65. The van der Waals surface area contributed by atoms with Crippen molar-refractivity contribution in [3.05, 3.63) is 94.9 Å². The molecule has 0 fully saturated rings. The van der Waals surface area contributed by atoms with E-state index < -0.39 is 25.0 Å². The maximum absolute atomic E-state index is 12.2. The first-order valence-corrected chi connectivity index (χ1v) is 12.7. The Kier molecular flexibility index (Phi) is 7.55. The van der Waals surface area contributed by atoms with Gasteiger partial charge in [-0.2, -0.15) is 0 Å². The van der Waals surface area contributed by atoms with Crippen molar-refractivity contribution < 1.29 is 29.0 Å². The van der Waals surface area contributed by atoms with Gasteiger partial charge in [0.05, 0.1) is 11.4 Å². The fraction of sp³-hybridized carbons (Fsp3) is 0.161. The summed E-state index contributed by atoms with van der Waals surface area (Å²) in [6.07, 6.45) is 1.63. The Morgan fingerprint density at radius 3 is 2.39 bits per heavy atom. The van der Waals surface area contributed by atoms with Crippen molar-refractivity contribution in [1.29, 1.82) is 0 Å². The monoisotopic (exact) mass is 553 g/mol. The number of fused-ring (bicyclic) bond motifs is 2. The summed E-state index contributed by atoms with van der Waals surface area (Å²) in [6.45, 7) is -1.01. The fourth-order valence-electron chi connectivity index (χ4n) is 4.68. The van der Waals surface area contributed by atoms with E-state index in [-0.39, 0.29) is 17.8 Å². The molecule has 0 amide bonds. The largest absolute Gasteiger partial charge is 0.485 e. The molecule has 5 rings (SSSR count). The molecule has 2 aliphatic rings. The molecule has 208 valence electrons. The van der Waals surface area contributed by atoms with Gasteiger partial charge in [0, 0.05) is 54.6 Å². The predicted octanol–water partition coefficient (Wildman–Crippen LogP) is 4.58. The third-order valence-corrected chi connectivity index (χ3v) is 6.54. The first kappa shape index (κ1) is 27.2. The van der Waals surface area contributed by atoms with E-state index in [2.05, 4.69) is 4.98 Å². The van der Waals surface area contributed by atoms with Gasteiger partial charge in [-0.15, -0.1) is 0 Å². The van der Waals surface area contributed by atoms with Crippen LogP contribution in [0.25, 0.3) is 33.4 Å². The van der Waals surface area contributed by atoms with E-state index in [0.29, 0.717) is 33.9 Å². The lowest BCUT2D eigenvalue weighted by molar-refractivity contribution is -0.136. The average molecular weight is 554 g/mol. The zero-order valence-electron chi connectivity index (χ0n) is 22.4. The van der Waals surface area contributed by atoms with Crippen LogP contribution in [0.2, 0.25) is 0 Å². The maximum atomic E-state index is 12.2. The van der Waals surface area contributed by atoms with Crippen molar-refractivity contribution in [3.8, 4) is 28.2 Å². The van der Waals surface area contributed by atoms with Crippen LogP contribution < -0.4 is 20.0 Å². The molecule has 0 unspecified atom stereocenters. The highest BCUT2D eigenvalue weighted by molar-refractivity contribution is 6.03. The normalized spacial score (nSPS) is 11.0. The maximum Gasteiger partial charge on any atom is 0.323 e. The molecule has 1 aromatic heterocycles. The summed E-state index contributed by atoms with van der Waals surface area (Å²) in [5.41, 5.74) is 4.43. The molecule has 2 heterocycles. The highest BCUT2D eigenvalue weighted by Crippen LogP contribution is 2.43. The van der Waals surface area contributed by atoms with Crippen molar-refractivity contribution in [2.45, 2.75) is 6.61 Å². The lowest BCUT2D eigenvalue weighted by Crippen LogP contribution is -2.34. The molecule has 2 aromatic carbocycles. The van der Waals surface area contributed by atoms with E-state index in [0.717, 1.165) is 16.6 Å². The Balaban J connectivity index is 1.71. The van der Waals surface area contributed by atoms with Crippen LogP contribution in [0, 0.1) is 0 Å². The Morgan fingerprint density at radius 1 is 0.927 bits per heavy atom. The molecule has 10 heteroatoms. The smallest absolute Gasteiger partial charge is 0.323 e. The zero-order chi connectivity index (χ0) is 29.1. The van der Waals surface area contributed by atoms with Gasteiger partial charge >= 0.3 is 11.9 Å². The Bertz CT molecular complexity index is 1750. The highest BCUT2D eigenvalue weighted by atomic mass is 16.5. The van der Waals surface area contributed by atoms with Crippen LogP contribution in [0.4, 0.5) is 11.4 Å². The molecule has 41 heavy (non-hydrogen) atoms. The number of ether oxygens (including phenoxy) is 1. The van der Waals surface area contributed by atoms with Crippen molar-refractivity contribution >= 4 is 34.3 Å². The van der Waals surface area contributed by atoms with Crippen LogP contribution in [0.3, 0.4) is 0 Å². The number of carboxylic acid groups (broad SMARTS) is 2. The number of pyridine rings is 1. The molecular weight excluding hydrogens is 526 g/mol. The van der Waals surface area contributed by atoms with E-state index >= 15 is 0 Å². The Hall–Kier alpha value is -5.38. The molecule has 0 atom stereocenters. The fourth-order valence-corrected chi connectivity index (χ4v) is 4.68. The van der Waals surface area contributed by atoms with Gasteiger partial charge in [0.2, 0.25) is 0 Å². The number of carboxylic acids is 2. The third-order valence-electron chi connectivity index (χ3n) is 6.54. The minimum absolute atomic E-state index is 0.0721. The first-order chi connectivity index (χ1) is 19.7. The molecule has 0 saturated carbocycles. The quantitative estimate of drug-likeness (QED) is 0.237. The SMILES string of the molecule is CN(C)c1ccc2c(-c3ccc(N(CC(=O)O)CC(=O)O)c(OCc4ccccn4)c3)c3ccc(=O)cc-3oc2c1. The van der Waals surface area contributed by atoms with E-state index in [1.807, 2.05) is 43.3 Å². The van der Waals surface area contributed by atoms with Crippen LogP contribution in [0.15, 0.2) is 88.2 Å². The lowest BCUT2D eigenvalue weighted by Gasteiger charge is -2.25. The second kappa shape index (κ2) is 11.4. The van der Waals surface area contributed by atoms with E-state index in [1.165, 1.54) is 17.0 Å². The summed E-state index contributed by atoms with van der Waals surface area (Å²) < 4.78 is 12.3. The number of benzene rings is 3. The van der Waals surface area contributed by atoms with Crippen molar-refractivity contribution in [3.63, 3.8) is 0 Å². The van der Waals surface area contributed by atoms with Gasteiger partial charge in [0.15, 0.2) is 5.43 Å². The van der Waals surface area contributed by atoms with Gasteiger partial charge in [-0.1, -0.05) is 12.1 Å². The molecule has 0 bridgehead atoms. The van der Waals surface area contributed by atoms with E-state index in [9.17, 15) is 24.6 Å². The summed E-state index contributed by atoms with van der Waals surface area (Å²) >= 11 is 0. The van der Waals surface area contributed by atoms with Gasteiger partial charge < -0.3 is 29.2 Å². The predicted molar refractivity (Wildman–Crippen MR) is 155 cm³/mol. The van der Waals surface area contributed by atoms with Crippen LogP contribution in [-0.2, 0) is 16.2 Å². The lowest BCUT2D eigenvalue weighted by atomic mass is 9.93. The number of carbonyl (C=O) groups is 2. The molecule has 0 saturated heterocycles. The van der Waals surface area contributed by atoms with Crippen molar-refractivity contribution in [2.24, 2.45) is 0 Å². The highest BCUT2D eigenvalue weighted by Gasteiger charge is 2.22. The topological polar surface area (TPSA) is 133 Å². The van der Waals surface area contributed by atoms with Gasteiger partial charge in [-0.05, 0) is 54.1 Å². The van der Waals surface area contributed by atoms with Crippen LogP contribution in [0.5, 0.6) is 5.75 Å². The summed E-state index contributed by atoms with van der Waals surface area (Å²) in [4.78, 5) is 42.9. The average Bonchev–Trinajstić information content (AvgIpc) is 2.94. The number of hydrogen-bond donors (Lipinski definition) is 2.